The summed E-state index contributed by atoms with van der Waals surface area (Å²) in [5.41, 5.74) is 7.77. The molecule has 6 heteroatoms. The number of carbonyl (C=O) groups is 1. The van der Waals surface area contributed by atoms with Gasteiger partial charge in [0.2, 0.25) is 0 Å². The molecule has 2 aromatic heterocycles. The number of hydrogen-bond donors (Lipinski definition) is 1. The van der Waals surface area contributed by atoms with Gasteiger partial charge in [-0.15, -0.1) is 11.3 Å². The van der Waals surface area contributed by atoms with E-state index in [1.54, 1.807) is 22.2 Å². The van der Waals surface area contributed by atoms with Crippen LogP contribution < -0.4 is 5.32 Å². The van der Waals surface area contributed by atoms with Crippen LogP contribution in [0.3, 0.4) is 0 Å². The predicted octanol–water partition coefficient (Wildman–Crippen LogP) is 6.21. The molecule has 0 bridgehead atoms. The monoisotopic (exact) mass is 464 g/mol. The molecule has 168 valence electrons. The molecule has 0 saturated carbocycles. The van der Waals surface area contributed by atoms with E-state index in [2.05, 4.69) is 59.1 Å². The van der Waals surface area contributed by atoms with Crippen LogP contribution in [-0.4, -0.2) is 20.7 Å². The van der Waals surface area contributed by atoms with Gasteiger partial charge >= 0.3 is 0 Å². The Morgan fingerprint density at radius 1 is 0.912 bits per heavy atom. The minimum absolute atomic E-state index is 0.133. The summed E-state index contributed by atoms with van der Waals surface area (Å²) in [7, 11) is 0. The highest BCUT2D eigenvalue weighted by atomic mass is 32.1. The topological polar surface area (TPSA) is 59.8 Å². The first-order valence-corrected chi connectivity index (χ1v) is 12.0. The van der Waals surface area contributed by atoms with E-state index in [0.29, 0.717) is 12.1 Å². The molecule has 0 saturated heterocycles. The van der Waals surface area contributed by atoms with E-state index in [-0.39, 0.29) is 5.91 Å². The quantitative estimate of drug-likeness (QED) is 0.325. The Labute approximate surface area is 202 Å². The van der Waals surface area contributed by atoms with Crippen LogP contribution in [0, 0.1) is 13.8 Å². The van der Waals surface area contributed by atoms with E-state index in [1.165, 1.54) is 5.56 Å². The average Bonchev–Trinajstić information content (AvgIpc) is 3.51. The first-order valence-electron chi connectivity index (χ1n) is 11.1. The summed E-state index contributed by atoms with van der Waals surface area (Å²) in [6.07, 6.45) is 1.62. The minimum atomic E-state index is -0.133. The number of aromatic nitrogens is 3. The summed E-state index contributed by atoms with van der Waals surface area (Å²) in [5.74, 6) is -0.133. The SMILES string of the molecule is Cc1ccc(-c2csc(-c3ccc(CNC(=O)c4cnn(-c5ccccc5)c4C)cc3)n2)cc1. The molecule has 0 atom stereocenters. The maximum Gasteiger partial charge on any atom is 0.255 e. The molecule has 0 aliphatic rings. The van der Waals surface area contributed by atoms with E-state index >= 15 is 0 Å². The maximum atomic E-state index is 12.8. The number of aryl methyl sites for hydroxylation is 1. The molecule has 34 heavy (non-hydrogen) atoms. The van der Waals surface area contributed by atoms with Crippen LogP contribution in [0.5, 0.6) is 0 Å². The molecule has 0 aliphatic heterocycles. The molecule has 0 spiro atoms. The smallest absolute Gasteiger partial charge is 0.255 e. The standard InChI is InChI=1S/C28H24N4OS/c1-19-8-12-22(13-9-19)26-18-34-28(31-26)23-14-10-21(11-15-23)16-29-27(33)25-17-30-32(20(25)2)24-6-4-3-5-7-24/h3-15,17-18H,16H2,1-2H3,(H,29,33). The van der Waals surface area contributed by atoms with Crippen LogP contribution in [0.1, 0.15) is 27.2 Å². The highest BCUT2D eigenvalue weighted by molar-refractivity contribution is 7.13. The average molecular weight is 465 g/mol. The fourth-order valence-corrected chi connectivity index (χ4v) is 4.60. The molecule has 2 heterocycles. The fraction of sp³-hybridized carbons (Fsp3) is 0.107. The highest BCUT2D eigenvalue weighted by Crippen LogP contribution is 2.29. The van der Waals surface area contributed by atoms with Gasteiger partial charge in [0.15, 0.2) is 0 Å². The number of hydrogen-bond acceptors (Lipinski definition) is 4. The largest absolute Gasteiger partial charge is 0.348 e. The van der Waals surface area contributed by atoms with Gasteiger partial charge in [-0.25, -0.2) is 9.67 Å². The Balaban J connectivity index is 1.24. The molecule has 0 radical (unpaired) electrons. The Hall–Kier alpha value is -4.03. The number of rotatable bonds is 6. The normalized spacial score (nSPS) is 10.9. The summed E-state index contributed by atoms with van der Waals surface area (Å²) in [6, 6.07) is 26.4. The molecule has 0 fully saturated rings. The first-order chi connectivity index (χ1) is 16.6. The van der Waals surface area contributed by atoms with Gasteiger partial charge < -0.3 is 5.32 Å². The number of para-hydroxylation sites is 1. The maximum absolute atomic E-state index is 12.8. The molecule has 5 rings (SSSR count). The van der Waals surface area contributed by atoms with Crippen molar-refractivity contribution in [1.29, 1.82) is 0 Å². The van der Waals surface area contributed by atoms with E-state index in [9.17, 15) is 4.79 Å². The molecule has 0 aliphatic carbocycles. The van der Waals surface area contributed by atoms with Crippen molar-refractivity contribution >= 4 is 17.2 Å². The van der Waals surface area contributed by atoms with Gasteiger partial charge in [-0.1, -0.05) is 72.3 Å². The molecular weight excluding hydrogens is 440 g/mol. The molecule has 5 aromatic rings. The summed E-state index contributed by atoms with van der Waals surface area (Å²) in [4.78, 5) is 17.6. The lowest BCUT2D eigenvalue weighted by atomic mass is 10.1. The third-order valence-electron chi connectivity index (χ3n) is 5.76. The van der Waals surface area contributed by atoms with Gasteiger partial charge in [0.1, 0.15) is 5.01 Å². The van der Waals surface area contributed by atoms with Gasteiger partial charge in [0.05, 0.1) is 28.8 Å². The second-order valence-corrected chi connectivity index (χ2v) is 9.03. The van der Waals surface area contributed by atoms with Crippen LogP contribution in [0.15, 0.2) is 90.4 Å². The van der Waals surface area contributed by atoms with Crippen molar-refractivity contribution in [2.45, 2.75) is 20.4 Å². The van der Waals surface area contributed by atoms with E-state index < -0.39 is 0 Å². The lowest BCUT2D eigenvalue weighted by molar-refractivity contribution is 0.0950. The van der Waals surface area contributed by atoms with Crippen LogP contribution in [0.4, 0.5) is 0 Å². The highest BCUT2D eigenvalue weighted by Gasteiger charge is 2.15. The second kappa shape index (κ2) is 9.45. The summed E-state index contributed by atoms with van der Waals surface area (Å²) < 4.78 is 1.78. The lowest BCUT2D eigenvalue weighted by Gasteiger charge is -2.07. The molecule has 1 N–H and O–H groups in total. The van der Waals surface area contributed by atoms with Gasteiger partial charge in [0, 0.05) is 23.1 Å². The van der Waals surface area contributed by atoms with E-state index in [4.69, 9.17) is 4.98 Å². The molecule has 5 nitrogen and oxygen atoms in total. The number of amides is 1. The Morgan fingerprint density at radius 3 is 2.35 bits per heavy atom. The van der Waals surface area contributed by atoms with Gasteiger partial charge in [-0.2, -0.15) is 5.10 Å². The van der Waals surface area contributed by atoms with Crippen LogP contribution in [-0.2, 0) is 6.54 Å². The van der Waals surface area contributed by atoms with Crippen LogP contribution >= 0.6 is 11.3 Å². The number of carbonyl (C=O) groups excluding carboxylic acids is 1. The van der Waals surface area contributed by atoms with Crippen LogP contribution in [0.2, 0.25) is 0 Å². The first kappa shape index (κ1) is 21.8. The van der Waals surface area contributed by atoms with E-state index in [1.807, 2.05) is 49.4 Å². The fourth-order valence-electron chi connectivity index (χ4n) is 3.77. The zero-order valence-corrected chi connectivity index (χ0v) is 19.8. The predicted molar refractivity (Wildman–Crippen MR) is 137 cm³/mol. The number of benzene rings is 3. The summed E-state index contributed by atoms with van der Waals surface area (Å²) in [6.45, 7) is 4.43. The second-order valence-electron chi connectivity index (χ2n) is 8.17. The zero-order chi connectivity index (χ0) is 23.5. The van der Waals surface area contributed by atoms with Gasteiger partial charge in [-0.3, -0.25) is 4.79 Å². The molecule has 0 unspecified atom stereocenters. The van der Waals surface area contributed by atoms with Crippen molar-refractivity contribution in [3.8, 4) is 27.5 Å². The zero-order valence-electron chi connectivity index (χ0n) is 19.0. The number of nitrogens with zero attached hydrogens (tertiary/aromatic N) is 3. The Kier molecular flexibility index (Phi) is 6.06. The van der Waals surface area contributed by atoms with Crippen molar-refractivity contribution in [3.63, 3.8) is 0 Å². The van der Waals surface area contributed by atoms with Crippen molar-refractivity contribution in [2.75, 3.05) is 0 Å². The lowest BCUT2D eigenvalue weighted by Crippen LogP contribution is -2.23. The Morgan fingerprint density at radius 2 is 1.62 bits per heavy atom. The van der Waals surface area contributed by atoms with Crippen molar-refractivity contribution < 1.29 is 4.79 Å². The molecule has 3 aromatic carbocycles. The summed E-state index contributed by atoms with van der Waals surface area (Å²) in [5, 5.41) is 10.5. The van der Waals surface area contributed by atoms with Gasteiger partial charge in [-0.05, 0) is 31.5 Å². The number of nitrogens with one attached hydrogen (secondary N) is 1. The van der Waals surface area contributed by atoms with Crippen molar-refractivity contribution in [3.05, 3.63) is 113 Å². The molecule has 1 amide bonds. The summed E-state index contributed by atoms with van der Waals surface area (Å²) >= 11 is 1.64. The van der Waals surface area contributed by atoms with Crippen molar-refractivity contribution in [1.82, 2.24) is 20.1 Å². The van der Waals surface area contributed by atoms with Crippen molar-refractivity contribution in [2.24, 2.45) is 0 Å². The van der Waals surface area contributed by atoms with Crippen LogP contribution in [0.25, 0.3) is 27.5 Å². The van der Waals surface area contributed by atoms with Gasteiger partial charge in [0.25, 0.3) is 5.91 Å². The third-order valence-corrected chi connectivity index (χ3v) is 6.65. The minimum Gasteiger partial charge on any atom is -0.348 e. The number of thiazole rings is 1. The molecular formula is C28H24N4OS. The third kappa shape index (κ3) is 4.54. The van der Waals surface area contributed by atoms with E-state index in [0.717, 1.165) is 38.8 Å². The Bertz CT molecular complexity index is 1420.